The molecule has 3 aromatic carbocycles. The zero-order valence-electron chi connectivity index (χ0n) is 18.4. The smallest absolute Gasteiger partial charge is 0.256 e. The zero-order chi connectivity index (χ0) is 23.8. The van der Waals surface area contributed by atoms with Crippen LogP contribution in [0.4, 0.5) is 10.1 Å². The Kier molecular flexibility index (Phi) is 5.30. The molecular weight excluding hydrogens is 435 g/mol. The summed E-state index contributed by atoms with van der Waals surface area (Å²) in [7, 11) is 1.54. The van der Waals surface area contributed by atoms with Gasteiger partial charge in [0.1, 0.15) is 22.9 Å². The Morgan fingerprint density at radius 1 is 0.971 bits per heavy atom. The van der Waals surface area contributed by atoms with Gasteiger partial charge in [-0.1, -0.05) is 0 Å². The molecule has 0 saturated carbocycles. The summed E-state index contributed by atoms with van der Waals surface area (Å²) < 4.78 is 24.9. The first-order valence-corrected chi connectivity index (χ1v) is 10.5. The van der Waals surface area contributed by atoms with Crippen LogP contribution in [0.5, 0.6) is 5.75 Å². The Morgan fingerprint density at radius 2 is 1.76 bits per heavy atom. The van der Waals surface area contributed by atoms with E-state index in [-0.39, 0.29) is 11.3 Å². The van der Waals surface area contributed by atoms with Crippen molar-refractivity contribution in [2.75, 3.05) is 12.4 Å². The highest BCUT2D eigenvalue weighted by molar-refractivity contribution is 6.12. The van der Waals surface area contributed by atoms with E-state index < -0.39 is 5.82 Å². The van der Waals surface area contributed by atoms with Gasteiger partial charge in [-0.25, -0.2) is 4.39 Å². The van der Waals surface area contributed by atoms with Gasteiger partial charge in [0.05, 0.1) is 23.6 Å². The number of anilines is 1. The molecule has 0 spiro atoms. The molecule has 0 aliphatic carbocycles. The minimum atomic E-state index is -0.438. The number of pyridine rings is 1. The van der Waals surface area contributed by atoms with E-state index in [2.05, 4.69) is 10.3 Å². The summed E-state index contributed by atoms with van der Waals surface area (Å²) in [5, 5.41) is 3.71. The molecule has 1 N–H and O–H groups in total. The zero-order valence-corrected chi connectivity index (χ0v) is 18.4. The van der Waals surface area contributed by atoms with Crippen molar-refractivity contribution >= 4 is 33.5 Å². The molecule has 5 rings (SSSR count). The maximum absolute atomic E-state index is 13.8. The van der Waals surface area contributed by atoms with Gasteiger partial charge in [-0.15, -0.1) is 0 Å². The van der Waals surface area contributed by atoms with Crippen molar-refractivity contribution in [3.8, 4) is 17.1 Å². The number of rotatable bonds is 4. The second-order valence-corrected chi connectivity index (χ2v) is 7.84. The first-order chi connectivity index (χ1) is 16.4. The number of hydrogen-bond acceptors (Lipinski definition) is 5. The SMILES string of the molecule is COc1ccc2oc(-c3ccc(NC(=O)c4cc(C)nc5ccc(F)cc45)cc3)cc(=O)c2c1. The number of methoxy groups -OCH3 is 1. The molecule has 0 aliphatic heterocycles. The van der Waals surface area contributed by atoms with Crippen molar-refractivity contribution in [2.45, 2.75) is 6.92 Å². The molecule has 1 amide bonds. The number of benzene rings is 3. The summed E-state index contributed by atoms with van der Waals surface area (Å²) in [5.74, 6) is 0.172. The number of aryl methyl sites for hydroxylation is 1. The number of carbonyl (C=O) groups excluding carboxylic acids is 1. The average molecular weight is 454 g/mol. The maximum atomic E-state index is 13.8. The van der Waals surface area contributed by atoms with Crippen LogP contribution in [-0.4, -0.2) is 18.0 Å². The molecule has 0 radical (unpaired) electrons. The molecule has 6 nitrogen and oxygen atoms in total. The number of aromatic nitrogens is 1. The van der Waals surface area contributed by atoms with E-state index in [4.69, 9.17) is 9.15 Å². The maximum Gasteiger partial charge on any atom is 0.256 e. The van der Waals surface area contributed by atoms with Gasteiger partial charge in [0.2, 0.25) is 0 Å². The lowest BCUT2D eigenvalue weighted by Gasteiger charge is -2.10. The number of ether oxygens (including phenoxy) is 1. The molecule has 0 saturated heterocycles. The number of halogens is 1. The summed E-state index contributed by atoms with van der Waals surface area (Å²) >= 11 is 0. The Hall–Kier alpha value is -4.52. The van der Waals surface area contributed by atoms with Crippen LogP contribution in [0.15, 0.2) is 82.0 Å². The fourth-order valence-corrected chi connectivity index (χ4v) is 3.84. The van der Waals surface area contributed by atoms with Gasteiger partial charge < -0.3 is 14.5 Å². The number of fused-ring (bicyclic) bond motifs is 2. The van der Waals surface area contributed by atoms with E-state index in [9.17, 15) is 14.0 Å². The third-order valence-corrected chi connectivity index (χ3v) is 5.51. The predicted molar refractivity (Wildman–Crippen MR) is 129 cm³/mol. The monoisotopic (exact) mass is 454 g/mol. The van der Waals surface area contributed by atoms with Gasteiger partial charge in [0, 0.05) is 28.4 Å². The molecule has 2 heterocycles. The quantitative estimate of drug-likeness (QED) is 0.376. The molecule has 5 aromatic rings. The summed E-state index contributed by atoms with van der Waals surface area (Å²) in [6, 6.07) is 19.2. The summed E-state index contributed by atoms with van der Waals surface area (Å²) in [4.78, 5) is 29.9. The van der Waals surface area contributed by atoms with Crippen LogP contribution in [0, 0.1) is 12.7 Å². The molecule has 0 bridgehead atoms. The van der Waals surface area contributed by atoms with E-state index in [1.807, 2.05) is 0 Å². The van der Waals surface area contributed by atoms with Crippen LogP contribution in [0.2, 0.25) is 0 Å². The van der Waals surface area contributed by atoms with E-state index in [1.165, 1.54) is 25.3 Å². The van der Waals surface area contributed by atoms with Crippen molar-refractivity contribution in [3.63, 3.8) is 0 Å². The lowest BCUT2D eigenvalue weighted by atomic mass is 10.1. The second kappa shape index (κ2) is 8.44. The van der Waals surface area contributed by atoms with Gasteiger partial charge >= 0.3 is 0 Å². The normalized spacial score (nSPS) is 11.0. The van der Waals surface area contributed by atoms with Crippen LogP contribution in [-0.2, 0) is 0 Å². The molecule has 168 valence electrons. The second-order valence-electron chi connectivity index (χ2n) is 7.84. The van der Waals surface area contributed by atoms with Crippen molar-refractivity contribution < 1.29 is 18.3 Å². The van der Waals surface area contributed by atoms with Crippen molar-refractivity contribution in [1.82, 2.24) is 4.98 Å². The van der Waals surface area contributed by atoms with E-state index in [1.54, 1.807) is 61.5 Å². The van der Waals surface area contributed by atoms with Crippen molar-refractivity contribution in [2.24, 2.45) is 0 Å². The van der Waals surface area contributed by atoms with Gasteiger partial charge in [-0.2, -0.15) is 0 Å². The molecular formula is C27H19FN2O4. The van der Waals surface area contributed by atoms with Gasteiger partial charge in [0.25, 0.3) is 5.91 Å². The first kappa shape index (κ1) is 21.3. The number of nitrogens with zero attached hydrogens (tertiary/aromatic N) is 1. The van der Waals surface area contributed by atoms with Crippen molar-refractivity contribution in [3.05, 3.63) is 100 Å². The first-order valence-electron chi connectivity index (χ1n) is 10.5. The summed E-state index contributed by atoms with van der Waals surface area (Å²) in [6.45, 7) is 1.78. The molecule has 7 heteroatoms. The highest BCUT2D eigenvalue weighted by atomic mass is 19.1. The number of nitrogens with one attached hydrogen (secondary N) is 1. The molecule has 2 aromatic heterocycles. The van der Waals surface area contributed by atoms with Gasteiger partial charge in [-0.05, 0) is 73.7 Å². The highest BCUT2D eigenvalue weighted by Crippen LogP contribution is 2.26. The third kappa shape index (κ3) is 3.99. The van der Waals surface area contributed by atoms with Crippen LogP contribution in [0.3, 0.4) is 0 Å². The Morgan fingerprint density at radius 3 is 2.53 bits per heavy atom. The van der Waals surface area contributed by atoms with E-state index in [0.717, 1.165) is 0 Å². The lowest BCUT2D eigenvalue weighted by Crippen LogP contribution is -2.13. The van der Waals surface area contributed by atoms with E-state index in [0.29, 0.717) is 55.9 Å². The van der Waals surface area contributed by atoms with Crippen LogP contribution in [0.1, 0.15) is 16.1 Å². The van der Waals surface area contributed by atoms with Gasteiger partial charge in [-0.3, -0.25) is 14.6 Å². The third-order valence-electron chi connectivity index (χ3n) is 5.51. The summed E-state index contributed by atoms with van der Waals surface area (Å²) in [5.41, 5.74) is 3.03. The fraction of sp³-hybridized carbons (Fsp3) is 0.0741. The fourth-order valence-electron chi connectivity index (χ4n) is 3.84. The Balaban J connectivity index is 1.43. The number of hydrogen-bond donors (Lipinski definition) is 1. The topological polar surface area (TPSA) is 81.4 Å². The largest absolute Gasteiger partial charge is 0.497 e. The standard InChI is InChI=1S/C27H19FN2O4/c1-15-11-21(20-12-17(28)5-9-23(20)29-15)27(32)30-18-6-3-16(4-7-18)26-14-24(31)22-13-19(33-2)8-10-25(22)34-26/h3-14H,1-2H3,(H,30,32). The van der Waals surface area contributed by atoms with Gasteiger partial charge in [0.15, 0.2) is 5.43 Å². The Labute approximate surface area is 193 Å². The number of amides is 1. The van der Waals surface area contributed by atoms with Crippen LogP contribution < -0.4 is 15.5 Å². The van der Waals surface area contributed by atoms with E-state index >= 15 is 0 Å². The highest BCUT2D eigenvalue weighted by Gasteiger charge is 2.14. The summed E-state index contributed by atoms with van der Waals surface area (Å²) in [6.07, 6.45) is 0. The minimum absolute atomic E-state index is 0.181. The van der Waals surface area contributed by atoms with Crippen LogP contribution >= 0.6 is 0 Å². The molecule has 0 atom stereocenters. The predicted octanol–water partition coefficient (Wildman–Crippen LogP) is 5.72. The lowest BCUT2D eigenvalue weighted by molar-refractivity contribution is 0.102. The minimum Gasteiger partial charge on any atom is -0.497 e. The molecule has 0 fully saturated rings. The molecule has 34 heavy (non-hydrogen) atoms. The molecule has 0 unspecified atom stereocenters. The van der Waals surface area contributed by atoms with Crippen LogP contribution in [0.25, 0.3) is 33.2 Å². The Bertz CT molecular complexity index is 1620. The average Bonchev–Trinajstić information content (AvgIpc) is 2.84. The number of carbonyl (C=O) groups is 1. The molecule has 0 aliphatic rings. The van der Waals surface area contributed by atoms with Crippen molar-refractivity contribution in [1.29, 1.82) is 0 Å².